The Morgan fingerprint density at radius 3 is 2.43 bits per heavy atom. The normalized spacial score (nSPS) is 11.1. The average Bonchev–Trinajstić information content (AvgIpc) is 2.61. The van der Waals surface area contributed by atoms with E-state index in [-0.39, 0.29) is 29.9 Å². The number of guanidine groups is 1. The Hall–Kier alpha value is -2.11. The van der Waals surface area contributed by atoms with Gasteiger partial charge < -0.3 is 26.0 Å². The van der Waals surface area contributed by atoms with Gasteiger partial charge in [0.1, 0.15) is 5.60 Å². The zero-order valence-electron chi connectivity index (χ0n) is 16.9. The summed E-state index contributed by atoms with van der Waals surface area (Å²) in [6.07, 6.45) is 2.68. The molecule has 0 fully saturated rings. The fourth-order valence-corrected chi connectivity index (χ4v) is 1.94. The van der Waals surface area contributed by atoms with Gasteiger partial charge in [0.25, 0.3) is 5.91 Å². The molecule has 0 aliphatic carbocycles. The predicted octanol–water partition coefficient (Wildman–Crippen LogP) is 1.51. The number of amides is 2. The SMILES string of the molecule is CCNC(=NCCNC(=O)c1cccnc1)NCCNC(=O)OC(C)(C)C.I. The van der Waals surface area contributed by atoms with Gasteiger partial charge in [0.15, 0.2) is 5.96 Å². The summed E-state index contributed by atoms with van der Waals surface area (Å²) in [5.41, 5.74) is -0.00606. The van der Waals surface area contributed by atoms with Crippen molar-refractivity contribution < 1.29 is 14.3 Å². The largest absolute Gasteiger partial charge is 0.444 e. The summed E-state index contributed by atoms with van der Waals surface area (Å²) in [6.45, 7) is 9.81. The molecular weight excluding hydrogens is 475 g/mol. The van der Waals surface area contributed by atoms with Gasteiger partial charge in [-0.2, -0.15) is 0 Å². The van der Waals surface area contributed by atoms with Gasteiger partial charge >= 0.3 is 6.09 Å². The first kappa shape index (κ1) is 25.9. The van der Waals surface area contributed by atoms with E-state index in [0.717, 1.165) is 0 Å². The monoisotopic (exact) mass is 506 g/mol. The van der Waals surface area contributed by atoms with Gasteiger partial charge in [-0.05, 0) is 39.8 Å². The van der Waals surface area contributed by atoms with Gasteiger partial charge in [-0.25, -0.2) is 4.79 Å². The molecule has 158 valence electrons. The van der Waals surface area contributed by atoms with Gasteiger partial charge in [-0.15, -0.1) is 24.0 Å². The van der Waals surface area contributed by atoms with E-state index in [1.165, 1.54) is 6.20 Å². The molecule has 0 aromatic carbocycles. The number of rotatable bonds is 8. The minimum atomic E-state index is -0.520. The molecule has 0 aliphatic rings. The molecule has 0 atom stereocenters. The Morgan fingerprint density at radius 1 is 1.11 bits per heavy atom. The van der Waals surface area contributed by atoms with Crippen molar-refractivity contribution in [1.82, 2.24) is 26.3 Å². The van der Waals surface area contributed by atoms with Crippen molar-refractivity contribution in [3.8, 4) is 0 Å². The number of hydrogen-bond donors (Lipinski definition) is 4. The predicted molar refractivity (Wildman–Crippen MR) is 120 cm³/mol. The van der Waals surface area contributed by atoms with Crippen LogP contribution in [-0.2, 0) is 4.74 Å². The third kappa shape index (κ3) is 12.3. The van der Waals surface area contributed by atoms with Crippen LogP contribution in [0.15, 0.2) is 29.5 Å². The van der Waals surface area contributed by atoms with E-state index in [0.29, 0.717) is 44.2 Å². The minimum absolute atomic E-state index is 0. The summed E-state index contributed by atoms with van der Waals surface area (Å²) in [5, 5.41) is 11.7. The maximum absolute atomic E-state index is 11.9. The Balaban J connectivity index is 0.00000729. The van der Waals surface area contributed by atoms with E-state index < -0.39 is 11.7 Å². The number of halogens is 1. The molecule has 2 amide bonds. The van der Waals surface area contributed by atoms with Crippen LogP contribution >= 0.6 is 24.0 Å². The lowest BCUT2D eigenvalue weighted by Crippen LogP contribution is -2.42. The number of hydrogen-bond acceptors (Lipinski definition) is 5. The summed E-state index contributed by atoms with van der Waals surface area (Å²) in [5.74, 6) is 0.428. The first-order chi connectivity index (χ1) is 12.8. The van der Waals surface area contributed by atoms with Crippen molar-refractivity contribution in [2.24, 2.45) is 4.99 Å². The Bertz CT molecular complexity index is 619. The highest BCUT2D eigenvalue weighted by Crippen LogP contribution is 2.05. The molecule has 0 unspecified atom stereocenters. The number of nitrogens with one attached hydrogen (secondary N) is 4. The zero-order chi connectivity index (χ0) is 20.1. The van der Waals surface area contributed by atoms with Crippen molar-refractivity contribution in [2.45, 2.75) is 33.3 Å². The molecule has 1 aromatic rings. The van der Waals surface area contributed by atoms with Crippen LogP contribution in [0.5, 0.6) is 0 Å². The third-order valence-electron chi connectivity index (χ3n) is 3.02. The fourth-order valence-electron chi connectivity index (χ4n) is 1.94. The number of carbonyl (C=O) groups is 2. The van der Waals surface area contributed by atoms with Crippen molar-refractivity contribution in [3.05, 3.63) is 30.1 Å². The van der Waals surface area contributed by atoms with E-state index in [1.807, 2.05) is 27.7 Å². The highest BCUT2D eigenvalue weighted by molar-refractivity contribution is 14.0. The van der Waals surface area contributed by atoms with Crippen molar-refractivity contribution in [3.63, 3.8) is 0 Å². The Morgan fingerprint density at radius 2 is 1.82 bits per heavy atom. The topological polar surface area (TPSA) is 117 Å². The number of carbonyl (C=O) groups excluding carboxylic acids is 2. The molecule has 0 bridgehead atoms. The second-order valence-corrected chi connectivity index (χ2v) is 6.61. The standard InChI is InChI=1S/C18H30N6O3.HI/c1-5-20-16(23-11-12-24-17(26)27-18(2,3)4)22-10-9-21-15(25)14-7-6-8-19-13-14;/h6-8,13H,5,9-12H2,1-4H3,(H,21,25)(H,24,26)(H2,20,22,23);1H. The molecule has 1 aromatic heterocycles. The minimum Gasteiger partial charge on any atom is -0.444 e. The molecule has 0 radical (unpaired) electrons. The van der Waals surface area contributed by atoms with E-state index in [2.05, 4.69) is 31.2 Å². The zero-order valence-corrected chi connectivity index (χ0v) is 19.2. The van der Waals surface area contributed by atoms with Gasteiger partial charge in [0, 0.05) is 38.6 Å². The molecule has 0 saturated carbocycles. The van der Waals surface area contributed by atoms with Crippen molar-refractivity contribution in [2.75, 3.05) is 32.7 Å². The lowest BCUT2D eigenvalue weighted by atomic mass is 10.2. The van der Waals surface area contributed by atoms with Crippen LogP contribution in [0.3, 0.4) is 0 Å². The molecule has 1 rings (SSSR count). The van der Waals surface area contributed by atoms with E-state index >= 15 is 0 Å². The second kappa shape index (κ2) is 14.0. The number of aromatic nitrogens is 1. The van der Waals surface area contributed by atoms with Crippen LogP contribution in [0.4, 0.5) is 4.79 Å². The molecule has 28 heavy (non-hydrogen) atoms. The highest BCUT2D eigenvalue weighted by Gasteiger charge is 2.15. The molecule has 1 heterocycles. The second-order valence-electron chi connectivity index (χ2n) is 6.61. The van der Waals surface area contributed by atoms with Crippen LogP contribution in [0.1, 0.15) is 38.1 Å². The Labute approximate surface area is 183 Å². The molecule has 0 saturated heterocycles. The maximum atomic E-state index is 11.9. The molecular formula is C18H31IN6O3. The number of pyridine rings is 1. The van der Waals surface area contributed by atoms with Crippen molar-refractivity contribution >= 4 is 41.9 Å². The number of aliphatic imine (C=N–C) groups is 1. The van der Waals surface area contributed by atoms with Crippen LogP contribution in [-0.4, -0.2) is 61.3 Å². The van der Waals surface area contributed by atoms with Gasteiger partial charge in [0.2, 0.25) is 0 Å². The first-order valence-electron chi connectivity index (χ1n) is 8.99. The van der Waals surface area contributed by atoms with Gasteiger partial charge in [-0.1, -0.05) is 0 Å². The fraction of sp³-hybridized carbons (Fsp3) is 0.556. The average molecular weight is 506 g/mol. The van der Waals surface area contributed by atoms with Crippen LogP contribution in [0, 0.1) is 0 Å². The van der Waals surface area contributed by atoms with Gasteiger partial charge in [0.05, 0.1) is 12.1 Å². The highest BCUT2D eigenvalue weighted by atomic mass is 127. The summed E-state index contributed by atoms with van der Waals surface area (Å²) in [7, 11) is 0. The summed E-state index contributed by atoms with van der Waals surface area (Å²) in [6, 6.07) is 3.42. The van der Waals surface area contributed by atoms with E-state index in [9.17, 15) is 9.59 Å². The van der Waals surface area contributed by atoms with E-state index in [1.54, 1.807) is 18.3 Å². The van der Waals surface area contributed by atoms with Crippen LogP contribution in [0.25, 0.3) is 0 Å². The number of alkyl carbamates (subject to hydrolysis) is 1. The quantitative estimate of drug-likeness (QED) is 0.184. The van der Waals surface area contributed by atoms with Crippen LogP contribution in [0.2, 0.25) is 0 Å². The summed E-state index contributed by atoms with van der Waals surface area (Å²) < 4.78 is 5.16. The third-order valence-corrected chi connectivity index (χ3v) is 3.02. The first-order valence-corrected chi connectivity index (χ1v) is 8.99. The van der Waals surface area contributed by atoms with Crippen molar-refractivity contribution in [1.29, 1.82) is 0 Å². The van der Waals surface area contributed by atoms with E-state index in [4.69, 9.17) is 4.74 Å². The lowest BCUT2D eigenvalue weighted by Gasteiger charge is -2.19. The lowest BCUT2D eigenvalue weighted by molar-refractivity contribution is 0.0528. The summed E-state index contributed by atoms with van der Waals surface area (Å²) in [4.78, 5) is 31.8. The number of nitrogens with zero attached hydrogens (tertiary/aromatic N) is 2. The van der Waals surface area contributed by atoms with Crippen LogP contribution < -0.4 is 21.3 Å². The van der Waals surface area contributed by atoms with Gasteiger partial charge in [-0.3, -0.25) is 14.8 Å². The molecule has 4 N–H and O–H groups in total. The summed E-state index contributed by atoms with van der Waals surface area (Å²) >= 11 is 0. The molecule has 0 spiro atoms. The molecule has 0 aliphatic heterocycles. The molecule has 9 nitrogen and oxygen atoms in total. The molecule has 10 heteroatoms. The Kier molecular flexibility index (Phi) is 12.9. The smallest absolute Gasteiger partial charge is 0.407 e. The number of ether oxygens (including phenoxy) is 1. The maximum Gasteiger partial charge on any atom is 0.407 e.